The van der Waals surface area contributed by atoms with Crippen LogP contribution in [0.15, 0.2) is 6.20 Å². The van der Waals surface area contributed by atoms with Crippen molar-refractivity contribution in [3.05, 3.63) is 11.9 Å². The highest BCUT2D eigenvalue weighted by Gasteiger charge is 2.35. The maximum Gasteiger partial charge on any atom is 0.307 e. The normalized spacial score (nSPS) is 25.7. The molecule has 0 amide bonds. The largest absolute Gasteiger partial charge is 0.481 e. The third kappa shape index (κ3) is 1.73. The van der Waals surface area contributed by atoms with Crippen LogP contribution < -0.4 is 0 Å². The van der Waals surface area contributed by atoms with E-state index in [2.05, 4.69) is 10.3 Å². The van der Waals surface area contributed by atoms with Gasteiger partial charge in [0.1, 0.15) is 0 Å². The van der Waals surface area contributed by atoms with Crippen molar-refractivity contribution in [2.75, 3.05) is 0 Å². The van der Waals surface area contributed by atoms with Crippen LogP contribution in [0, 0.1) is 5.92 Å². The summed E-state index contributed by atoms with van der Waals surface area (Å²) in [5.41, 5.74) is 0.974. The Morgan fingerprint density at radius 1 is 1.67 bits per heavy atom. The molecule has 1 fully saturated rings. The number of carbonyl (C=O) groups is 1. The summed E-state index contributed by atoms with van der Waals surface area (Å²) in [4.78, 5) is 11.1. The predicted octanol–water partition coefficient (Wildman–Crippen LogP) is 1.27. The average molecular weight is 209 g/mol. The zero-order valence-electron chi connectivity index (χ0n) is 8.76. The Morgan fingerprint density at radius 2 is 2.47 bits per heavy atom. The molecule has 1 N–H and O–H groups in total. The van der Waals surface area contributed by atoms with Gasteiger partial charge in [0.2, 0.25) is 0 Å². The summed E-state index contributed by atoms with van der Waals surface area (Å²) in [6.07, 6.45) is 4.39. The second kappa shape index (κ2) is 4.00. The number of hydrogen-bond acceptors (Lipinski definition) is 3. The van der Waals surface area contributed by atoms with Crippen molar-refractivity contribution < 1.29 is 9.90 Å². The van der Waals surface area contributed by atoms with Gasteiger partial charge in [0.25, 0.3) is 0 Å². The van der Waals surface area contributed by atoms with Crippen molar-refractivity contribution in [2.45, 2.75) is 38.6 Å². The lowest BCUT2D eigenvalue weighted by Crippen LogP contribution is -2.19. The highest BCUT2D eigenvalue weighted by Crippen LogP contribution is 2.39. The van der Waals surface area contributed by atoms with E-state index in [1.807, 2.05) is 6.92 Å². The number of rotatable bonds is 3. The van der Waals surface area contributed by atoms with Gasteiger partial charge in [-0.05, 0) is 19.8 Å². The van der Waals surface area contributed by atoms with Gasteiger partial charge in [-0.3, -0.25) is 4.79 Å². The number of aliphatic carboxylic acids is 1. The van der Waals surface area contributed by atoms with Gasteiger partial charge in [-0.1, -0.05) is 11.6 Å². The zero-order valence-corrected chi connectivity index (χ0v) is 8.76. The minimum Gasteiger partial charge on any atom is -0.481 e. The van der Waals surface area contributed by atoms with E-state index in [4.69, 9.17) is 5.11 Å². The smallest absolute Gasteiger partial charge is 0.307 e. The standard InChI is InChI=1S/C10H15N3O2/c1-2-13-9(6-11-12-13)7-4-3-5-8(7)10(14)15/h6-8H,2-5H2,1H3,(H,14,15). The Kier molecular flexibility index (Phi) is 2.70. The minimum absolute atomic E-state index is 0.0949. The summed E-state index contributed by atoms with van der Waals surface area (Å²) in [5.74, 6) is -0.854. The summed E-state index contributed by atoms with van der Waals surface area (Å²) in [5, 5.41) is 16.9. The third-order valence-electron chi connectivity index (χ3n) is 3.16. The molecule has 1 aliphatic carbocycles. The minimum atomic E-state index is -0.693. The Balaban J connectivity index is 2.26. The van der Waals surface area contributed by atoms with E-state index in [0.29, 0.717) is 0 Å². The number of hydrogen-bond donors (Lipinski definition) is 1. The van der Waals surface area contributed by atoms with E-state index in [0.717, 1.165) is 31.5 Å². The highest BCUT2D eigenvalue weighted by atomic mass is 16.4. The predicted molar refractivity (Wildman–Crippen MR) is 53.4 cm³/mol. The van der Waals surface area contributed by atoms with Crippen LogP contribution in [0.4, 0.5) is 0 Å². The second-order valence-corrected chi connectivity index (χ2v) is 3.96. The number of aryl methyl sites for hydroxylation is 1. The quantitative estimate of drug-likeness (QED) is 0.813. The van der Waals surface area contributed by atoms with Gasteiger partial charge in [-0.15, -0.1) is 5.10 Å². The van der Waals surface area contributed by atoms with Crippen molar-refractivity contribution in [2.24, 2.45) is 5.92 Å². The third-order valence-corrected chi connectivity index (χ3v) is 3.16. The first-order chi connectivity index (χ1) is 7.24. The SMILES string of the molecule is CCn1nncc1C1CCCC1C(=O)O. The van der Waals surface area contributed by atoms with E-state index in [1.54, 1.807) is 10.9 Å². The van der Waals surface area contributed by atoms with Gasteiger partial charge in [0.05, 0.1) is 17.8 Å². The van der Waals surface area contributed by atoms with Crippen LogP contribution in [0.3, 0.4) is 0 Å². The molecule has 1 aliphatic rings. The molecule has 1 aromatic heterocycles. The molecule has 0 aromatic carbocycles. The van der Waals surface area contributed by atoms with Gasteiger partial charge in [-0.25, -0.2) is 4.68 Å². The molecule has 0 saturated heterocycles. The molecule has 0 radical (unpaired) electrons. The summed E-state index contributed by atoms with van der Waals surface area (Å²) in [7, 11) is 0. The molecule has 2 rings (SSSR count). The Labute approximate surface area is 88.1 Å². The first-order valence-electron chi connectivity index (χ1n) is 5.35. The number of carboxylic acids is 1. The number of aromatic nitrogens is 3. The van der Waals surface area contributed by atoms with Crippen molar-refractivity contribution >= 4 is 5.97 Å². The highest BCUT2D eigenvalue weighted by molar-refractivity contribution is 5.71. The lowest BCUT2D eigenvalue weighted by atomic mass is 9.93. The maximum absolute atomic E-state index is 11.1. The van der Waals surface area contributed by atoms with Gasteiger partial charge < -0.3 is 5.11 Å². The van der Waals surface area contributed by atoms with E-state index >= 15 is 0 Å². The Morgan fingerprint density at radius 3 is 3.13 bits per heavy atom. The molecular formula is C10H15N3O2. The summed E-state index contributed by atoms with van der Waals surface area (Å²) >= 11 is 0. The van der Waals surface area contributed by atoms with Gasteiger partial charge in [-0.2, -0.15) is 0 Å². The van der Waals surface area contributed by atoms with Crippen molar-refractivity contribution in [3.63, 3.8) is 0 Å². The van der Waals surface area contributed by atoms with Gasteiger partial charge in [0.15, 0.2) is 0 Å². The lowest BCUT2D eigenvalue weighted by molar-refractivity contribution is -0.142. The van der Waals surface area contributed by atoms with Gasteiger partial charge in [0, 0.05) is 12.5 Å². The molecule has 0 bridgehead atoms. The molecule has 15 heavy (non-hydrogen) atoms. The summed E-state index contributed by atoms with van der Waals surface area (Å²) < 4.78 is 1.80. The van der Waals surface area contributed by atoms with Gasteiger partial charge >= 0.3 is 5.97 Å². The van der Waals surface area contributed by atoms with Crippen LogP contribution >= 0.6 is 0 Å². The van der Waals surface area contributed by atoms with Crippen molar-refractivity contribution in [1.82, 2.24) is 15.0 Å². The number of carboxylic acid groups (broad SMARTS) is 1. The molecule has 5 heteroatoms. The van der Waals surface area contributed by atoms with Crippen LogP contribution in [0.2, 0.25) is 0 Å². The Bertz CT molecular complexity index is 361. The number of nitrogens with zero attached hydrogens (tertiary/aromatic N) is 3. The summed E-state index contributed by atoms with van der Waals surface area (Å²) in [6, 6.07) is 0. The second-order valence-electron chi connectivity index (χ2n) is 3.96. The monoisotopic (exact) mass is 209 g/mol. The lowest BCUT2D eigenvalue weighted by Gasteiger charge is -2.15. The fraction of sp³-hybridized carbons (Fsp3) is 0.700. The van der Waals surface area contributed by atoms with E-state index in [-0.39, 0.29) is 11.8 Å². The van der Waals surface area contributed by atoms with Crippen LogP contribution in [-0.2, 0) is 11.3 Å². The molecule has 2 atom stereocenters. The average Bonchev–Trinajstić information content (AvgIpc) is 2.85. The van der Waals surface area contributed by atoms with Crippen LogP contribution in [0.5, 0.6) is 0 Å². The van der Waals surface area contributed by atoms with Crippen LogP contribution in [0.25, 0.3) is 0 Å². The van der Waals surface area contributed by atoms with E-state index in [9.17, 15) is 4.79 Å². The van der Waals surface area contributed by atoms with Crippen LogP contribution in [-0.4, -0.2) is 26.1 Å². The molecule has 1 heterocycles. The fourth-order valence-corrected chi connectivity index (χ4v) is 2.41. The molecule has 1 saturated carbocycles. The van der Waals surface area contributed by atoms with E-state index in [1.165, 1.54) is 0 Å². The topological polar surface area (TPSA) is 68.0 Å². The first-order valence-corrected chi connectivity index (χ1v) is 5.35. The van der Waals surface area contributed by atoms with Crippen molar-refractivity contribution in [3.8, 4) is 0 Å². The molecular weight excluding hydrogens is 194 g/mol. The summed E-state index contributed by atoms with van der Waals surface area (Å²) in [6.45, 7) is 2.74. The van der Waals surface area contributed by atoms with E-state index < -0.39 is 5.97 Å². The molecule has 0 spiro atoms. The molecule has 5 nitrogen and oxygen atoms in total. The maximum atomic E-state index is 11.1. The molecule has 82 valence electrons. The molecule has 0 aliphatic heterocycles. The first kappa shape index (κ1) is 10.1. The van der Waals surface area contributed by atoms with Crippen LogP contribution in [0.1, 0.15) is 37.8 Å². The molecule has 2 unspecified atom stereocenters. The Hall–Kier alpha value is -1.39. The van der Waals surface area contributed by atoms with Crippen molar-refractivity contribution in [1.29, 1.82) is 0 Å². The molecule has 1 aromatic rings. The zero-order chi connectivity index (χ0) is 10.8. The fourth-order valence-electron chi connectivity index (χ4n) is 2.41.